The van der Waals surface area contributed by atoms with Crippen LogP contribution in [-0.2, 0) is 7.05 Å². The fourth-order valence-corrected chi connectivity index (χ4v) is 2.54. The highest BCUT2D eigenvalue weighted by Gasteiger charge is 2.12. The zero-order valence-corrected chi connectivity index (χ0v) is 11.8. The summed E-state index contributed by atoms with van der Waals surface area (Å²) in [6, 6.07) is 11.1. The molecule has 0 atom stereocenters. The van der Waals surface area contributed by atoms with Crippen molar-refractivity contribution in [3.63, 3.8) is 0 Å². The molecule has 4 rings (SSSR count). The van der Waals surface area contributed by atoms with Gasteiger partial charge in [-0.2, -0.15) is 4.80 Å². The van der Waals surface area contributed by atoms with Gasteiger partial charge in [-0.1, -0.05) is 6.07 Å². The van der Waals surface area contributed by atoms with Gasteiger partial charge in [0.2, 0.25) is 5.82 Å². The molecule has 6 nitrogen and oxygen atoms in total. The van der Waals surface area contributed by atoms with Crippen LogP contribution in [-0.4, -0.2) is 25.3 Å². The Hall–Kier alpha value is -3.15. The third-order valence-corrected chi connectivity index (χ3v) is 3.53. The van der Waals surface area contributed by atoms with E-state index in [2.05, 4.69) is 15.4 Å². The maximum atomic E-state index is 9.75. The molecule has 0 aliphatic carbocycles. The number of nitrogens with zero attached hydrogens (tertiary/aromatic N) is 4. The second-order valence-corrected chi connectivity index (χ2v) is 5.04. The number of aryl methyl sites for hydroxylation is 1. The van der Waals surface area contributed by atoms with Crippen LogP contribution >= 0.6 is 0 Å². The highest BCUT2D eigenvalue weighted by molar-refractivity contribution is 6.00. The van der Waals surface area contributed by atoms with Crippen LogP contribution in [0.15, 0.2) is 53.3 Å². The number of hydrogen-bond donors (Lipinski definition) is 1. The van der Waals surface area contributed by atoms with Crippen LogP contribution < -0.4 is 0 Å². The number of rotatable bonds is 2. The average Bonchev–Trinajstić information content (AvgIpc) is 3.17. The summed E-state index contributed by atoms with van der Waals surface area (Å²) >= 11 is 0. The molecule has 0 unspecified atom stereocenters. The van der Waals surface area contributed by atoms with Crippen molar-refractivity contribution >= 4 is 10.8 Å². The van der Waals surface area contributed by atoms with Crippen LogP contribution in [0, 0.1) is 0 Å². The first-order valence-corrected chi connectivity index (χ1v) is 6.74. The largest absolute Gasteiger partial charge is 0.508 e. The normalized spacial score (nSPS) is 11.1. The molecule has 0 saturated heterocycles. The van der Waals surface area contributed by atoms with Crippen molar-refractivity contribution in [2.45, 2.75) is 0 Å². The summed E-state index contributed by atoms with van der Waals surface area (Å²) in [6.45, 7) is 0. The van der Waals surface area contributed by atoms with E-state index < -0.39 is 0 Å². The standard InChI is InChI=1S/C16H12N4O2/c1-20-18-16(17-19-20)12-6-11-7-13(21)2-3-14(11)15(8-12)10-4-5-22-9-10/h2-9,21H,1H3. The molecule has 108 valence electrons. The van der Waals surface area contributed by atoms with Gasteiger partial charge < -0.3 is 9.52 Å². The van der Waals surface area contributed by atoms with Crippen LogP contribution in [0.25, 0.3) is 33.3 Å². The van der Waals surface area contributed by atoms with E-state index >= 15 is 0 Å². The molecule has 22 heavy (non-hydrogen) atoms. The van der Waals surface area contributed by atoms with Gasteiger partial charge in [0.25, 0.3) is 0 Å². The average molecular weight is 292 g/mol. The molecule has 4 aromatic rings. The highest BCUT2D eigenvalue weighted by Crippen LogP contribution is 2.34. The lowest BCUT2D eigenvalue weighted by atomic mass is 9.97. The van der Waals surface area contributed by atoms with E-state index in [9.17, 15) is 5.11 Å². The molecule has 0 aliphatic heterocycles. The number of aromatic hydroxyl groups is 1. The third-order valence-electron chi connectivity index (χ3n) is 3.53. The molecule has 2 aromatic heterocycles. The van der Waals surface area contributed by atoms with Gasteiger partial charge >= 0.3 is 0 Å². The first-order chi connectivity index (χ1) is 10.7. The number of tetrazole rings is 1. The number of benzene rings is 2. The monoisotopic (exact) mass is 292 g/mol. The Kier molecular flexibility index (Phi) is 2.69. The van der Waals surface area contributed by atoms with Gasteiger partial charge in [0.15, 0.2) is 0 Å². The summed E-state index contributed by atoms with van der Waals surface area (Å²) in [5.41, 5.74) is 2.79. The second kappa shape index (κ2) is 4.70. The Morgan fingerprint density at radius 1 is 1.09 bits per heavy atom. The van der Waals surface area contributed by atoms with E-state index in [1.807, 2.05) is 24.3 Å². The molecular formula is C16H12N4O2. The fraction of sp³-hybridized carbons (Fsp3) is 0.0625. The molecule has 0 aliphatic rings. The van der Waals surface area contributed by atoms with Gasteiger partial charge in [0, 0.05) is 11.1 Å². The van der Waals surface area contributed by atoms with Crippen LogP contribution in [0.4, 0.5) is 0 Å². The number of aromatic nitrogens is 4. The topological polar surface area (TPSA) is 77.0 Å². The van der Waals surface area contributed by atoms with Crippen molar-refractivity contribution in [3.05, 3.63) is 48.9 Å². The molecule has 0 bridgehead atoms. The van der Waals surface area contributed by atoms with Crippen LogP contribution in [0.2, 0.25) is 0 Å². The zero-order valence-electron chi connectivity index (χ0n) is 11.8. The van der Waals surface area contributed by atoms with Crippen molar-refractivity contribution in [1.29, 1.82) is 0 Å². The minimum atomic E-state index is 0.217. The highest BCUT2D eigenvalue weighted by atomic mass is 16.3. The Balaban J connectivity index is 2.03. The van der Waals surface area contributed by atoms with E-state index in [0.717, 1.165) is 27.5 Å². The summed E-state index contributed by atoms with van der Waals surface area (Å²) < 4.78 is 5.19. The van der Waals surface area contributed by atoms with Crippen molar-refractivity contribution < 1.29 is 9.52 Å². The second-order valence-electron chi connectivity index (χ2n) is 5.04. The third kappa shape index (κ3) is 2.01. The molecule has 1 N–H and O–H groups in total. The predicted molar refractivity (Wildman–Crippen MR) is 81.1 cm³/mol. The minimum Gasteiger partial charge on any atom is -0.508 e. The van der Waals surface area contributed by atoms with Crippen molar-refractivity contribution in [3.8, 4) is 28.3 Å². The zero-order chi connectivity index (χ0) is 15.1. The molecule has 0 saturated carbocycles. The first kappa shape index (κ1) is 12.6. The van der Waals surface area contributed by atoms with Gasteiger partial charge in [-0.25, -0.2) is 0 Å². The Morgan fingerprint density at radius 3 is 2.73 bits per heavy atom. The molecule has 2 aromatic carbocycles. The molecule has 6 heteroatoms. The van der Waals surface area contributed by atoms with E-state index in [4.69, 9.17) is 4.42 Å². The van der Waals surface area contributed by atoms with Gasteiger partial charge in [-0.05, 0) is 51.9 Å². The molecule has 0 fully saturated rings. The summed E-state index contributed by atoms with van der Waals surface area (Å²) in [4.78, 5) is 1.42. The van der Waals surface area contributed by atoms with Crippen molar-refractivity contribution in [1.82, 2.24) is 20.2 Å². The number of hydrogen-bond acceptors (Lipinski definition) is 5. The number of phenols is 1. The summed E-state index contributed by atoms with van der Waals surface area (Å²) in [5.74, 6) is 0.757. The number of fused-ring (bicyclic) bond motifs is 1. The van der Waals surface area contributed by atoms with Crippen molar-refractivity contribution in [2.24, 2.45) is 7.05 Å². The maximum Gasteiger partial charge on any atom is 0.204 e. The molecule has 0 radical (unpaired) electrons. The predicted octanol–water partition coefficient (Wildman–Crippen LogP) is 3.00. The lowest BCUT2D eigenvalue weighted by Crippen LogP contribution is -1.92. The van der Waals surface area contributed by atoms with Crippen molar-refractivity contribution in [2.75, 3.05) is 0 Å². The molecule has 0 spiro atoms. The lowest BCUT2D eigenvalue weighted by molar-refractivity contribution is 0.476. The van der Waals surface area contributed by atoms with Crippen LogP contribution in [0.1, 0.15) is 0 Å². The van der Waals surface area contributed by atoms with Gasteiger partial charge in [0.1, 0.15) is 5.75 Å². The summed E-state index contributed by atoms with van der Waals surface area (Å²) in [6.07, 6.45) is 3.32. The lowest BCUT2D eigenvalue weighted by Gasteiger charge is -2.08. The van der Waals surface area contributed by atoms with E-state index in [0.29, 0.717) is 5.82 Å². The summed E-state index contributed by atoms with van der Waals surface area (Å²) in [7, 11) is 1.72. The molecule has 0 amide bonds. The minimum absolute atomic E-state index is 0.217. The quantitative estimate of drug-likeness (QED) is 0.614. The van der Waals surface area contributed by atoms with Crippen LogP contribution in [0.3, 0.4) is 0 Å². The van der Waals surface area contributed by atoms with E-state index in [1.165, 1.54) is 4.80 Å². The first-order valence-electron chi connectivity index (χ1n) is 6.74. The van der Waals surface area contributed by atoms with E-state index in [1.54, 1.807) is 31.7 Å². The Labute approximate surface area is 125 Å². The van der Waals surface area contributed by atoms with Gasteiger partial charge in [-0.15, -0.1) is 10.2 Å². The van der Waals surface area contributed by atoms with Gasteiger partial charge in [-0.3, -0.25) is 0 Å². The van der Waals surface area contributed by atoms with Gasteiger partial charge in [0.05, 0.1) is 19.6 Å². The smallest absolute Gasteiger partial charge is 0.204 e. The number of furan rings is 1. The molecular weight excluding hydrogens is 280 g/mol. The summed E-state index contributed by atoms with van der Waals surface area (Å²) in [5, 5.41) is 23.8. The van der Waals surface area contributed by atoms with E-state index in [-0.39, 0.29) is 5.75 Å². The Bertz CT molecular complexity index is 958. The Morgan fingerprint density at radius 2 is 2.00 bits per heavy atom. The SMILES string of the molecule is Cn1nnc(-c2cc(-c3ccoc3)c3ccc(O)cc3c2)n1. The molecule has 2 heterocycles. The van der Waals surface area contributed by atoms with Crippen LogP contribution in [0.5, 0.6) is 5.75 Å². The number of phenolic OH excluding ortho intramolecular Hbond substituents is 1. The maximum absolute atomic E-state index is 9.75. The fourth-order valence-electron chi connectivity index (χ4n) is 2.54.